The van der Waals surface area contributed by atoms with Crippen LogP contribution in [0.5, 0.6) is 0 Å². The summed E-state index contributed by atoms with van der Waals surface area (Å²) < 4.78 is 17.6. The van der Waals surface area contributed by atoms with E-state index in [1.807, 2.05) is 6.92 Å². The van der Waals surface area contributed by atoms with E-state index in [2.05, 4.69) is 13.5 Å². The minimum atomic E-state index is -0.391. The first kappa shape index (κ1) is 11.2. The summed E-state index contributed by atoms with van der Waals surface area (Å²) in [4.78, 5) is 0. The van der Waals surface area contributed by atoms with Crippen molar-refractivity contribution in [3.05, 3.63) is 24.2 Å². The fourth-order valence-electron chi connectivity index (χ4n) is 1.16. The van der Waals surface area contributed by atoms with Crippen molar-refractivity contribution in [2.24, 2.45) is 5.92 Å². The Morgan fingerprint density at radius 1 is 1.67 bits per heavy atom. The predicted octanol–water partition coefficient (Wildman–Crippen LogP) is 3.44. The molecule has 0 aliphatic heterocycles. The molecule has 0 saturated carbocycles. The Kier molecular flexibility index (Phi) is 5.43. The average Bonchev–Trinajstić information content (AvgIpc) is 1.99. The van der Waals surface area contributed by atoms with Crippen LogP contribution in [0.15, 0.2) is 24.2 Å². The van der Waals surface area contributed by atoms with Crippen LogP contribution < -0.4 is 0 Å². The van der Waals surface area contributed by atoms with Crippen molar-refractivity contribution in [2.75, 3.05) is 7.11 Å². The maximum atomic E-state index is 12.8. The van der Waals surface area contributed by atoms with Crippen LogP contribution in [-0.4, -0.2) is 7.11 Å². The zero-order valence-electron chi connectivity index (χ0n) is 8.06. The van der Waals surface area contributed by atoms with Gasteiger partial charge < -0.3 is 4.74 Å². The number of hydrogen-bond donors (Lipinski definition) is 0. The lowest BCUT2D eigenvalue weighted by Gasteiger charge is -2.11. The average molecular weight is 172 g/mol. The Balaban J connectivity index is 4.30. The SMILES string of the molecule is C=C(F)/C(=C/OC)C(C)CCC. The van der Waals surface area contributed by atoms with Crippen LogP contribution in [0.3, 0.4) is 0 Å². The second-order valence-corrected chi connectivity index (χ2v) is 2.90. The molecule has 1 unspecified atom stereocenters. The van der Waals surface area contributed by atoms with Gasteiger partial charge in [-0.05, 0) is 12.3 Å². The normalized spacial score (nSPS) is 14.2. The van der Waals surface area contributed by atoms with Gasteiger partial charge in [-0.3, -0.25) is 0 Å². The molecule has 0 amide bonds. The highest BCUT2D eigenvalue weighted by Gasteiger charge is 2.11. The van der Waals surface area contributed by atoms with Crippen molar-refractivity contribution in [1.82, 2.24) is 0 Å². The van der Waals surface area contributed by atoms with Crippen LogP contribution in [0.2, 0.25) is 0 Å². The van der Waals surface area contributed by atoms with Crippen molar-refractivity contribution in [1.29, 1.82) is 0 Å². The van der Waals surface area contributed by atoms with Crippen molar-refractivity contribution in [3.63, 3.8) is 0 Å². The molecule has 0 spiro atoms. The molecule has 0 aromatic heterocycles. The number of methoxy groups -OCH3 is 1. The predicted molar refractivity (Wildman–Crippen MR) is 49.4 cm³/mol. The molecule has 0 N–H and O–H groups in total. The van der Waals surface area contributed by atoms with E-state index in [9.17, 15) is 4.39 Å². The smallest absolute Gasteiger partial charge is 0.122 e. The number of halogens is 1. The molecule has 0 aliphatic rings. The van der Waals surface area contributed by atoms with E-state index in [1.54, 1.807) is 0 Å². The van der Waals surface area contributed by atoms with E-state index in [0.717, 1.165) is 12.8 Å². The van der Waals surface area contributed by atoms with Gasteiger partial charge in [0.25, 0.3) is 0 Å². The first-order valence-corrected chi connectivity index (χ1v) is 4.21. The second-order valence-electron chi connectivity index (χ2n) is 2.90. The fourth-order valence-corrected chi connectivity index (χ4v) is 1.16. The zero-order valence-corrected chi connectivity index (χ0v) is 8.06. The minimum Gasteiger partial charge on any atom is -0.504 e. The van der Waals surface area contributed by atoms with Gasteiger partial charge in [-0.1, -0.05) is 26.8 Å². The van der Waals surface area contributed by atoms with Gasteiger partial charge in [-0.25, -0.2) is 4.39 Å². The molecule has 0 aliphatic carbocycles. The molecular formula is C10H17FO. The lowest BCUT2D eigenvalue weighted by molar-refractivity contribution is 0.326. The molecule has 70 valence electrons. The molecular weight excluding hydrogens is 155 g/mol. The van der Waals surface area contributed by atoms with Gasteiger partial charge in [0.15, 0.2) is 0 Å². The maximum absolute atomic E-state index is 12.8. The Hall–Kier alpha value is -0.790. The molecule has 0 rings (SSSR count). The third-order valence-electron chi connectivity index (χ3n) is 1.81. The summed E-state index contributed by atoms with van der Waals surface area (Å²) in [5, 5.41) is 0. The molecule has 0 aromatic rings. The Labute approximate surface area is 73.9 Å². The number of rotatable bonds is 5. The highest BCUT2D eigenvalue weighted by atomic mass is 19.1. The monoisotopic (exact) mass is 172 g/mol. The largest absolute Gasteiger partial charge is 0.504 e. The van der Waals surface area contributed by atoms with E-state index < -0.39 is 5.83 Å². The van der Waals surface area contributed by atoms with Gasteiger partial charge >= 0.3 is 0 Å². The zero-order chi connectivity index (χ0) is 9.56. The van der Waals surface area contributed by atoms with Gasteiger partial charge in [-0.15, -0.1) is 0 Å². The standard InChI is InChI=1S/C10H17FO/c1-5-6-8(2)10(7-12-4)9(3)11/h7-8H,3,5-6H2,1-2,4H3/b10-7+. The molecule has 1 atom stereocenters. The highest BCUT2D eigenvalue weighted by Crippen LogP contribution is 2.23. The molecule has 0 bridgehead atoms. The first-order chi connectivity index (χ1) is 5.63. The van der Waals surface area contributed by atoms with Gasteiger partial charge in [0.05, 0.1) is 13.4 Å². The van der Waals surface area contributed by atoms with Crippen LogP contribution in [-0.2, 0) is 4.74 Å². The van der Waals surface area contributed by atoms with Crippen molar-refractivity contribution >= 4 is 0 Å². The van der Waals surface area contributed by atoms with Crippen LogP contribution in [0, 0.1) is 5.92 Å². The van der Waals surface area contributed by atoms with Gasteiger partial charge in [-0.2, -0.15) is 0 Å². The third-order valence-corrected chi connectivity index (χ3v) is 1.81. The number of hydrogen-bond acceptors (Lipinski definition) is 1. The molecule has 1 nitrogen and oxygen atoms in total. The van der Waals surface area contributed by atoms with E-state index in [-0.39, 0.29) is 5.92 Å². The van der Waals surface area contributed by atoms with E-state index in [1.165, 1.54) is 13.4 Å². The van der Waals surface area contributed by atoms with E-state index in [4.69, 9.17) is 4.74 Å². The van der Waals surface area contributed by atoms with Crippen LogP contribution in [0.25, 0.3) is 0 Å². The molecule has 0 saturated heterocycles. The second kappa shape index (κ2) is 5.81. The molecule has 0 heterocycles. The molecule has 2 heteroatoms. The Morgan fingerprint density at radius 2 is 2.25 bits per heavy atom. The van der Waals surface area contributed by atoms with E-state index in [0.29, 0.717) is 5.57 Å². The van der Waals surface area contributed by atoms with E-state index >= 15 is 0 Å². The summed E-state index contributed by atoms with van der Waals surface area (Å²) in [5.74, 6) is -0.203. The molecule has 0 radical (unpaired) electrons. The fraction of sp³-hybridized carbons (Fsp3) is 0.600. The molecule has 0 fully saturated rings. The maximum Gasteiger partial charge on any atom is 0.122 e. The summed E-state index contributed by atoms with van der Waals surface area (Å²) in [6.07, 6.45) is 3.43. The third kappa shape index (κ3) is 3.56. The summed E-state index contributed by atoms with van der Waals surface area (Å²) in [6, 6.07) is 0. The number of allylic oxidation sites excluding steroid dienone is 2. The topological polar surface area (TPSA) is 9.23 Å². The van der Waals surface area contributed by atoms with Crippen LogP contribution >= 0.6 is 0 Å². The molecule has 0 aromatic carbocycles. The summed E-state index contributed by atoms with van der Waals surface area (Å²) in [5.41, 5.74) is 0.569. The Bertz CT molecular complexity index is 173. The lowest BCUT2D eigenvalue weighted by atomic mass is 9.97. The summed E-state index contributed by atoms with van der Waals surface area (Å²) >= 11 is 0. The number of ether oxygens (including phenoxy) is 1. The van der Waals surface area contributed by atoms with Crippen molar-refractivity contribution in [3.8, 4) is 0 Å². The van der Waals surface area contributed by atoms with Crippen molar-refractivity contribution in [2.45, 2.75) is 26.7 Å². The minimum absolute atomic E-state index is 0.187. The summed E-state index contributed by atoms with van der Waals surface area (Å²) in [7, 11) is 1.52. The van der Waals surface area contributed by atoms with Crippen molar-refractivity contribution < 1.29 is 9.13 Å². The van der Waals surface area contributed by atoms with Crippen LogP contribution in [0.1, 0.15) is 26.7 Å². The first-order valence-electron chi connectivity index (χ1n) is 4.21. The Morgan fingerprint density at radius 3 is 2.58 bits per heavy atom. The lowest BCUT2D eigenvalue weighted by Crippen LogP contribution is -2.00. The van der Waals surface area contributed by atoms with Gasteiger partial charge in [0.2, 0.25) is 0 Å². The van der Waals surface area contributed by atoms with Gasteiger partial charge in [0, 0.05) is 5.57 Å². The quantitative estimate of drug-likeness (QED) is 0.456. The van der Waals surface area contributed by atoms with Crippen LogP contribution in [0.4, 0.5) is 4.39 Å². The highest BCUT2D eigenvalue weighted by molar-refractivity contribution is 5.22. The van der Waals surface area contributed by atoms with Gasteiger partial charge in [0.1, 0.15) is 5.83 Å². The molecule has 12 heavy (non-hydrogen) atoms. The summed E-state index contributed by atoms with van der Waals surface area (Å²) in [6.45, 7) is 7.31.